The Balaban J connectivity index is 1.68. The highest BCUT2D eigenvalue weighted by atomic mass is 32.1. The zero-order valence-corrected chi connectivity index (χ0v) is 22.2. The number of thiazole rings is 1. The molecule has 1 aliphatic rings. The van der Waals surface area contributed by atoms with Gasteiger partial charge in [0.05, 0.1) is 35.0 Å². The quantitative estimate of drug-likeness (QED) is 0.161. The summed E-state index contributed by atoms with van der Waals surface area (Å²) in [6.45, 7) is 6.93. The van der Waals surface area contributed by atoms with Gasteiger partial charge >= 0.3 is 5.91 Å². The standard InChI is InChI=1S/C30H28N2O5S/c1-4-15-37-21-8-6-7-20(16-21)26-25(27(33)19-11-9-18(3)10-12-19)28(34)29(35)32(26)30-31-23-14-13-22(36-5-2)17-24(23)38-30/h6-14,16-17,26,33H,4-5,15H2,1-3H3. The number of anilines is 1. The van der Waals surface area contributed by atoms with Crippen LogP contribution in [0.3, 0.4) is 0 Å². The molecule has 2 heterocycles. The lowest BCUT2D eigenvalue weighted by molar-refractivity contribution is -0.132. The molecule has 1 N–H and O–H groups in total. The molecule has 38 heavy (non-hydrogen) atoms. The summed E-state index contributed by atoms with van der Waals surface area (Å²) in [5.41, 5.74) is 2.82. The van der Waals surface area contributed by atoms with Crippen LogP contribution >= 0.6 is 11.3 Å². The van der Waals surface area contributed by atoms with Crippen molar-refractivity contribution in [3.05, 3.63) is 89.0 Å². The van der Waals surface area contributed by atoms with E-state index in [1.54, 1.807) is 12.1 Å². The normalized spacial score (nSPS) is 16.8. The van der Waals surface area contributed by atoms with Crippen molar-refractivity contribution in [1.82, 2.24) is 4.98 Å². The lowest BCUT2D eigenvalue weighted by Gasteiger charge is -2.23. The summed E-state index contributed by atoms with van der Waals surface area (Å²) in [4.78, 5) is 33.1. The number of aliphatic hydroxyl groups excluding tert-OH is 1. The molecule has 0 saturated carbocycles. The van der Waals surface area contributed by atoms with E-state index in [9.17, 15) is 14.7 Å². The third kappa shape index (κ3) is 4.75. The smallest absolute Gasteiger partial charge is 0.301 e. The summed E-state index contributed by atoms with van der Waals surface area (Å²) in [5.74, 6) is -0.407. The van der Waals surface area contributed by atoms with Gasteiger partial charge in [0, 0.05) is 5.56 Å². The van der Waals surface area contributed by atoms with E-state index in [-0.39, 0.29) is 11.3 Å². The van der Waals surface area contributed by atoms with Crippen LogP contribution in [0.4, 0.5) is 5.13 Å². The fraction of sp³-hybridized carbons (Fsp3) is 0.233. The van der Waals surface area contributed by atoms with Crippen molar-refractivity contribution in [2.45, 2.75) is 33.2 Å². The van der Waals surface area contributed by atoms with Gasteiger partial charge in [-0.15, -0.1) is 0 Å². The molecule has 1 aromatic heterocycles. The minimum Gasteiger partial charge on any atom is -0.507 e. The first-order valence-electron chi connectivity index (χ1n) is 12.6. The number of ether oxygens (including phenoxy) is 2. The van der Waals surface area contributed by atoms with E-state index < -0.39 is 17.7 Å². The Morgan fingerprint density at radius 3 is 2.50 bits per heavy atom. The highest BCUT2D eigenvalue weighted by molar-refractivity contribution is 7.22. The van der Waals surface area contributed by atoms with Crippen LogP contribution in [0.5, 0.6) is 11.5 Å². The molecular weight excluding hydrogens is 500 g/mol. The van der Waals surface area contributed by atoms with E-state index in [2.05, 4.69) is 4.98 Å². The third-order valence-corrected chi connectivity index (χ3v) is 7.30. The molecular formula is C30H28N2O5S. The summed E-state index contributed by atoms with van der Waals surface area (Å²) in [7, 11) is 0. The number of rotatable bonds is 8. The molecule has 4 aromatic rings. The van der Waals surface area contributed by atoms with Crippen LogP contribution < -0.4 is 14.4 Å². The number of carbonyl (C=O) groups excluding carboxylic acids is 2. The maximum Gasteiger partial charge on any atom is 0.301 e. The molecule has 1 fully saturated rings. The van der Waals surface area contributed by atoms with Crippen molar-refractivity contribution in [3.8, 4) is 11.5 Å². The Labute approximate surface area is 225 Å². The molecule has 1 atom stereocenters. The molecule has 7 nitrogen and oxygen atoms in total. The molecule has 8 heteroatoms. The van der Waals surface area contributed by atoms with E-state index in [1.165, 1.54) is 16.2 Å². The van der Waals surface area contributed by atoms with Crippen molar-refractivity contribution in [3.63, 3.8) is 0 Å². The van der Waals surface area contributed by atoms with E-state index >= 15 is 0 Å². The summed E-state index contributed by atoms with van der Waals surface area (Å²) in [6, 6.07) is 19.1. The van der Waals surface area contributed by atoms with Gasteiger partial charge in [0.2, 0.25) is 0 Å². The second-order valence-electron chi connectivity index (χ2n) is 9.02. The van der Waals surface area contributed by atoms with Crippen molar-refractivity contribution >= 4 is 44.1 Å². The van der Waals surface area contributed by atoms with Crippen LogP contribution in [0.1, 0.15) is 43.0 Å². The monoisotopic (exact) mass is 528 g/mol. The molecule has 5 rings (SSSR count). The van der Waals surface area contributed by atoms with Crippen LogP contribution in [0, 0.1) is 6.92 Å². The van der Waals surface area contributed by atoms with Gasteiger partial charge in [-0.3, -0.25) is 14.5 Å². The number of benzene rings is 3. The number of aromatic nitrogens is 1. The van der Waals surface area contributed by atoms with Crippen LogP contribution in [-0.4, -0.2) is 35.0 Å². The molecule has 1 amide bonds. The largest absolute Gasteiger partial charge is 0.507 e. The van der Waals surface area contributed by atoms with Crippen LogP contribution in [0.25, 0.3) is 16.0 Å². The van der Waals surface area contributed by atoms with Gasteiger partial charge in [-0.2, -0.15) is 0 Å². The Hall–Kier alpha value is -4.17. The second-order valence-corrected chi connectivity index (χ2v) is 10.0. The van der Waals surface area contributed by atoms with Gasteiger partial charge in [0.1, 0.15) is 17.3 Å². The second kappa shape index (κ2) is 10.7. The average Bonchev–Trinajstić information content (AvgIpc) is 3.45. The van der Waals surface area contributed by atoms with Gasteiger partial charge in [-0.1, -0.05) is 60.2 Å². The van der Waals surface area contributed by atoms with Gasteiger partial charge in [0.15, 0.2) is 5.13 Å². The predicted molar refractivity (Wildman–Crippen MR) is 149 cm³/mol. The van der Waals surface area contributed by atoms with Gasteiger partial charge < -0.3 is 14.6 Å². The maximum atomic E-state index is 13.5. The third-order valence-electron chi connectivity index (χ3n) is 6.28. The van der Waals surface area contributed by atoms with E-state index in [0.717, 1.165) is 16.7 Å². The van der Waals surface area contributed by atoms with Crippen LogP contribution in [0.15, 0.2) is 72.3 Å². The maximum absolute atomic E-state index is 13.5. The van der Waals surface area contributed by atoms with E-state index in [1.807, 2.05) is 75.4 Å². The molecule has 0 bridgehead atoms. The van der Waals surface area contributed by atoms with E-state index in [4.69, 9.17) is 9.47 Å². The number of Topliss-reactive ketones (excluding diaryl/α,β-unsaturated/α-hetero) is 1. The number of aryl methyl sites for hydroxylation is 1. The zero-order valence-electron chi connectivity index (χ0n) is 21.4. The molecule has 1 unspecified atom stereocenters. The topological polar surface area (TPSA) is 89.0 Å². The van der Waals surface area contributed by atoms with E-state index in [0.29, 0.717) is 46.5 Å². The number of fused-ring (bicyclic) bond motifs is 1. The fourth-order valence-electron chi connectivity index (χ4n) is 4.46. The molecule has 0 aliphatic carbocycles. The summed E-state index contributed by atoms with van der Waals surface area (Å²) >= 11 is 1.29. The van der Waals surface area contributed by atoms with Gasteiger partial charge in [0.25, 0.3) is 5.78 Å². The highest BCUT2D eigenvalue weighted by Crippen LogP contribution is 2.45. The first-order valence-corrected chi connectivity index (χ1v) is 13.4. The van der Waals surface area contributed by atoms with Crippen molar-refractivity contribution < 1.29 is 24.2 Å². The lowest BCUT2D eigenvalue weighted by atomic mass is 9.95. The first-order chi connectivity index (χ1) is 18.4. The number of hydrogen-bond donors (Lipinski definition) is 1. The number of ketones is 1. The van der Waals surface area contributed by atoms with Crippen LogP contribution in [-0.2, 0) is 9.59 Å². The number of nitrogens with zero attached hydrogens (tertiary/aromatic N) is 2. The number of amides is 1. The lowest BCUT2D eigenvalue weighted by Crippen LogP contribution is -2.29. The molecule has 1 saturated heterocycles. The Morgan fingerprint density at radius 2 is 1.76 bits per heavy atom. The number of aliphatic hydroxyl groups is 1. The average molecular weight is 529 g/mol. The van der Waals surface area contributed by atoms with Crippen molar-refractivity contribution in [1.29, 1.82) is 0 Å². The van der Waals surface area contributed by atoms with Gasteiger partial charge in [-0.25, -0.2) is 4.98 Å². The predicted octanol–water partition coefficient (Wildman–Crippen LogP) is 6.42. The van der Waals surface area contributed by atoms with Crippen molar-refractivity contribution in [2.24, 2.45) is 0 Å². The Kier molecular flexibility index (Phi) is 7.15. The molecule has 0 spiro atoms. The SMILES string of the molecule is CCCOc1cccc(C2C(=C(O)c3ccc(C)cc3)C(=O)C(=O)N2c2nc3ccc(OCC)cc3s2)c1. The van der Waals surface area contributed by atoms with Gasteiger partial charge in [-0.05, 0) is 56.2 Å². The van der Waals surface area contributed by atoms with Crippen LogP contribution in [0.2, 0.25) is 0 Å². The minimum absolute atomic E-state index is 0.0146. The molecule has 0 radical (unpaired) electrons. The first kappa shape index (κ1) is 25.5. The highest BCUT2D eigenvalue weighted by Gasteiger charge is 2.48. The number of carbonyl (C=O) groups is 2. The fourth-order valence-corrected chi connectivity index (χ4v) is 5.48. The summed E-state index contributed by atoms with van der Waals surface area (Å²) in [5, 5.41) is 11.7. The Morgan fingerprint density at radius 1 is 1.00 bits per heavy atom. The summed E-state index contributed by atoms with van der Waals surface area (Å²) in [6.07, 6.45) is 0.839. The zero-order chi connectivity index (χ0) is 26.8. The molecule has 194 valence electrons. The molecule has 3 aromatic carbocycles. The molecule has 1 aliphatic heterocycles. The minimum atomic E-state index is -0.881. The summed E-state index contributed by atoms with van der Waals surface area (Å²) < 4.78 is 12.3. The number of hydrogen-bond acceptors (Lipinski definition) is 7. The van der Waals surface area contributed by atoms with Crippen molar-refractivity contribution in [2.75, 3.05) is 18.1 Å². The Bertz CT molecular complexity index is 1540.